The predicted octanol–water partition coefficient (Wildman–Crippen LogP) is 2.82. The monoisotopic (exact) mass is 447 g/mol. The molecule has 3 N–H and O–H groups in total. The van der Waals surface area contributed by atoms with E-state index in [4.69, 9.17) is 9.47 Å². The first kappa shape index (κ1) is 23.1. The lowest BCUT2D eigenvalue weighted by molar-refractivity contribution is -0.605. The smallest absolute Gasteiger partial charge is 0.244 e. The van der Waals surface area contributed by atoms with Gasteiger partial charge in [0, 0.05) is 33.1 Å². The van der Waals surface area contributed by atoms with E-state index in [0.29, 0.717) is 11.1 Å². The Balaban J connectivity index is 2.25. The molecule has 2 aromatic rings. The second kappa shape index (κ2) is 8.50. The van der Waals surface area contributed by atoms with Crippen molar-refractivity contribution in [1.82, 2.24) is 5.32 Å². The molecule has 0 saturated carbocycles. The summed E-state index contributed by atoms with van der Waals surface area (Å²) in [5.74, 6) is 0.249. The third-order valence-corrected chi connectivity index (χ3v) is 6.07. The van der Waals surface area contributed by atoms with Crippen LogP contribution in [0.25, 0.3) is 0 Å². The molecule has 4 unspecified atom stereocenters. The molecule has 0 radical (unpaired) electrons. The summed E-state index contributed by atoms with van der Waals surface area (Å²) in [5, 5.41) is 47.1. The number of hydrogen-bond acceptors (Lipinski definition) is 9. The Kier molecular flexibility index (Phi) is 6.13. The summed E-state index contributed by atoms with van der Waals surface area (Å²) in [7, 11) is 2.74. The second-order valence-corrected chi connectivity index (χ2v) is 8.26. The van der Waals surface area contributed by atoms with Crippen molar-refractivity contribution in [3.8, 4) is 23.0 Å². The zero-order valence-electron chi connectivity index (χ0n) is 18.0. The normalized spacial score (nSPS) is 24.5. The Labute approximate surface area is 183 Å². The number of methoxy groups -OCH3 is 2. The lowest BCUT2D eigenvalue weighted by Crippen LogP contribution is -2.63. The van der Waals surface area contributed by atoms with Crippen LogP contribution < -0.4 is 14.8 Å². The van der Waals surface area contributed by atoms with Crippen LogP contribution in [0.2, 0.25) is 0 Å². The second-order valence-electron chi connectivity index (χ2n) is 8.26. The minimum atomic E-state index is -1.42. The number of nitrogens with one attached hydrogen (secondary N) is 1. The van der Waals surface area contributed by atoms with Crippen molar-refractivity contribution in [1.29, 1.82) is 0 Å². The minimum Gasteiger partial charge on any atom is -0.508 e. The molecule has 1 saturated heterocycles. The summed E-state index contributed by atoms with van der Waals surface area (Å²) < 4.78 is 10.7. The molecule has 32 heavy (non-hydrogen) atoms. The van der Waals surface area contributed by atoms with Gasteiger partial charge in [-0.25, -0.2) is 0 Å². The maximum absolute atomic E-state index is 12.2. The molecule has 172 valence electrons. The molecule has 0 aliphatic carbocycles. The van der Waals surface area contributed by atoms with Crippen LogP contribution in [0.15, 0.2) is 36.4 Å². The molecule has 4 atom stereocenters. The van der Waals surface area contributed by atoms with Gasteiger partial charge in [0.25, 0.3) is 0 Å². The van der Waals surface area contributed by atoms with E-state index in [1.54, 1.807) is 0 Å². The highest BCUT2D eigenvalue weighted by Gasteiger charge is 2.63. The van der Waals surface area contributed by atoms with Crippen LogP contribution in [0.5, 0.6) is 23.0 Å². The maximum atomic E-state index is 12.2. The van der Waals surface area contributed by atoms with Gasteiger partial charge in [-0.3, -0.25) is 25.5 Å². The van der Waals surface area contributed by atoms with Crippen LogP contribution >= 0.6 is 0 Å². The molecule has 1 aliphatic heterocycles. The number of ether oxygens (including phenoxy) is 2. The van der Waals surface area contributed by atoms with Crippen molar-refractivity contribution < 1.29 is 29.5 Å². The fourth-order valence-electron chi connectivity index (χ4n) is 4.63. The van der Waals surface area contributed by atoms with Gasteiger partial charge in [-0.15, -0.1) is 0 Å². The van der Waals surface area contributed by atoms with Gasteiger partial charge >= 0.3 is 0 Å². The van der Waals surface area contributed by atoms with Crippen LogP contribution in [0.3, 0.4) is 0 Å². The van der Waals surface area contributed by atoms with Crippen molar-refractivity contribution >= 4 is 0 Å². The van der Waals surface area contributed by atoms with Crippen LogP contribution in [0.4, 0.5) is 0 Å². The fraction of sp³-hybridized carbons (Fsp3) is 0.429. The third kappa shape index (κ3) is 3.86. The van der Waals surface area contributed by atoms with E-state index in [2.05, 4.69) is 5.32 Å². The van der Waals surface area contributed by atoms with Crippen molar-refractivity contribution in [3.05, 3.63) is 67.8 Å². The number of phenolic OH excluding ortho intramolecular Hbond substituents is 2. The molecule has 0 spiro atoms. The van der Waals surface area contributed by atoms with Gasteiger partial charge in [-0.2, -0.15) is 0 Å². The van der Waals surface area contributed by atoms with Crippen LogP contribution in [0.1, 0.15) is 37.1 Å². The van der Waals surface area contributed by atoms with Gasteiger partial charge < -0.3 is 19.7 Å². The summed E-state index contributed by atoms with van der Waals surface area (Å²) in [6.45, 7) is 2.99. The molecular formula is C21H25N3O8. The molecule has 11 nitrogen and oxygen atoms in total. The Morgan fingerprint density at radius 2 is 1.22 bits per heavy atom. The molecule has 3 rings (SSSR count). The average Bonchev–Trinajstić information content (AvgIpc) is 2.71. The quantitative estimate of drug-likeness (QED) is 0.447. The maximum Gasteiger partial charge on any atom is 0.244 e. The van der Waals surface area contributed by atoms with Crippen LogP contribution in [-0.2, 0) is 0 Å². The van der Waals surface area contributed by atoms with Gasteiger partial charge in [-0.05, 0) is 38.1 Å². The molecule has 1 aliphatic rings. The standard InChI is InChI=1S/C21H25N3O8/c1-21(2)19(23(27)28)17(13-7-5-11(25)9-15(13)31-3)22-18(20(21)24(29)30)14-8-6-12(26)10-16(14)32-4/h5-10,17-20,22,25-26H,1-4H3. The number of hydrogen-bond donors (Lipinski definition) is 3. The largest absolute Gasteiger partial charge is 0.508 e. The minimum absolute atomic E-state index is 0.0850. The zero-order chi connectivity index (χ0) is 23.8. The highest BCUT2D eigenvalue weighted by Crippen LogP contribution is 2.50. The molecule has 0 aromatic heterocycles. The van der Waals surface area contributed by atoms with Crippen LogP contribution in [0, 0.1) is 25.6 Å². The Morgan fingerprint density at radius 1 is 0.844 bits per heavy atom. The predicted molar refractivity (Wildman–Crippen MR) is 113 cm³/mol. The van der Waals surface area contributed by atoms with E-state index in [1.165, 1.54) is 64.5 Å². The van der Waals surface area contributed by atoms with E-state index in [9.17, 15) is 30.4 Å². The lowest BCUT2D eigenvalue weighted by atomic mass is 9.66. The zero-order valence-corrected chi connectivity index (χ0v) is 18.0. The number of benzene rings is 2. The average molecular weight is 447 g/mol. The molecule has 0 amide bonds. The van der Waals surface area contributed by atoms with Gasteiger partial charge in [0.15, 0.2) is 0 Å². The van der Waals surface area contributed by atoms with Crippen molar-refractivity contribution in [3.63, 3.8) is 0 Å². The Morgan fingerprint density at radius 3 is 1.53 bits per heavy atom. The topological polar surface area (TPSA) is 157 Å². The SMILES string of the molecule is COc1cc(O)ccc1C1NC(c2ccc(O)cc2OC)C([N+](=O)[O-])C(C)(C)C1[N+](=O)[O-]. The highest BCUT2D eigenvalue weighted by atomic mass is 16.6. The molecule has 0 bridgehead atoms. The van der Waals surface area contributed by atoms with E-state index in [1.807, 2.05) is 0 Å². The number of phenols is 2. The summed E-state index contributed by atoms with van der Waals surface area (Å²) in [6, 6.07) is 3.63. The first-order chi connectivity index (χ1) is 15.0. The van der Waals surface area contributed by atoms with Crippen molar-refractivity contribution in [2.45, 2.75) is 38.0 Å². The summed E-state index contributed by atoms with van der Waals surface area (Å²) in [6.07, 6.45) is 0. The van der Waals surface area contributed by atoms with Gasteiger partial charge in [0.05, 0.1) is 14.2 Å². The first-order valence-electron chi connectivity index (χ1n) is 9.79. The molecule has 1 heterocycles. The molecule has 11 heteroatoms. The fourth-order valence-corrected chi connectivity index (χ4v) is 4.63. The van der Waals surface area contributed by atoms with E-state index < -0.39 is 39.4 Å². The molecule has 1 fully saturated rings. The molecule has 2 aromatic carbocycles. The first-order valence-corrected chi connectivity index (χ1v) is 9.79. The lowest BCUT2D eigenvalue weighted by Gasteiger charge is -2.44. The van der Waals surface area contributed by atoms with E-state index in [-0.39, 0.29) is 23.0 Å². The Bertz CT molecular complexity index is 962. The van der Waals surface area contributed by atoms with Crippen LogP contribution in [-0.4, -0.2) is 46.4 Å². The van der Waals surface area contributed by atoms with Gasteiger partial charge in [0.2, 0.25) is 12.1 Å². The number of nitrogens with zero attached hydrogens (tertiary/aromatic N) is 2. The van der Waals surface area contributed by atoms with Crippen molar-refractivity contribution in [2.75, 3.05) is 14.2 Å². The highest BCUT2D eigenvalue weighted by molar-refractivity contribution is 5.46. The van der Waals surface area contributed by atoms with E-state index >= 15 is 0 Å². The number of nitro groups is 2. The summed E-state index contributed by atoms with van der Waals surface area (Å²) in [4.78, 5) is 23.3. The third-order valence-electron chi connectivity index (χ3n) is 6.07. The summed E-state index contributed by atoms with van der Waals surface area (Å²) in [5.41, 5.74) is -0.659. The van der Waals surface area contributed by atoms with Crippen molar-refractivity contribution in [2.24, 2.45) is 5.41 Å². The Hall–Kier alpha value is -3.60. The van der Waals surface area contributed by atoms with E-state index in [0.717, 1.165) is 0 Å². The summed E-state index contributed by atoms with van der Waals surface area (Å²) >= 11 is 0. The van der Waals surface area contributed by atoms with Gasteiger partial charge in [0.1, 0.15) is 40.5 Å². The number of aromatic hydroxyl groups is 2. The number of piperidine rings is 1. The number of rotatable bonds is 6. The molecular weight excluding hydrogens is 422 g/mol. The van der Waals surface area contributed by atoms with Gasteiger partial charge in [-0.1, -0.05) is 0 Å².